The Morgan fingerprint density at radius 1 is 1.00 bits per heavy atom. The van der Waals surface area contributed by atoms with E-state index in [4.69, 9.17) is 0 Å². The molecule has 22 heavy (non-hydrogen) atoms. The maximum absolute atomic E-state index is 9.95. The van der Waals surface area contributed by atoms with Gasteiger partial charge in [0, 0.05) is 16.8 Å². The lowest BCUT2D eigenvalue weighted by atomic mass is 9.86. The molecule has 2 heteroatoms. The van der Waals surface area contributed by atoms with E-state index in [9.17, 15) is 5.11 Å². The number of aliphatic hydroxyl groups is 1. The topological polar surface area (TPSA) is 20.2 Å². The molecule has 0 radical (unpaired) electrons. The van der Waals surface area contributed by atoms with Crippen LogP contribution in [0.5, 0.6) is 0 Å². The molecule has 1 aliphatic carbocycles. The maximum atomic E-state index is 9.95. The second kappa shape index (κ2) is 6.17. The molecule has 1 N–H and O–H groups in total. The van der Waals surface area contributed by atoms with E-state index in [0.717, 1.165) is 10.4 Å². The van der Waals surface area contributed by atoms with E-state index in [-0.39, 0.29) is 0 Å². The van der Waals surface area contributed by atoms with Crippen molar-refractivity contribution in [3.63, 3.8) is 0 Å². The van der Waals surface area contributed by atoms with Crippen LogP contribution in [0.3, 0.4) is 0 Å². The first kappa shape index (κ1) is 15.8. The fraction of sp³-hybridized carbons (Fsp3) is 0.400. The van der Waals surface area contributed by atoms with Crippen LogP contribution in [0.15, 0.2) is 53.0 Å². The number of halogens is 1. The van der Waals surface area contributed by atoms with Gasteiger partial charge in [-0.05, 0) is 61.4 Å². The van der Waals surface area contributed by atoms with E-state index in [2.05, 4.69) is 64.5 Å². The van der Waals surface area contributed by atoms with E-state index < -0.39 is 5.60 Å². The van der Waals surface area contributed by atoms with Gasteiger partial charge in [-0.3, -0.25) is 0 Å². The molecule has 1 nitrogen and oxygen atoms in total. The molecule has 0 aliphatic heterocycles. The lowest BCUT2D eigenvalue weighted by Gasteiger charge is -2.20. The van der Waals surface area contributed by atoms with Gasteiger partial charge < -0.3 is 5.11 Å². The quantitative estimate of drug-likeness (QED) is 0.768. The molecule has 2 aromatic carbocycles. The van der Waals surface area contributed by atoms with Crippen LogP contribution in [0.1, 0.15) is 49.3 Å². The summed E-state index contributed by atoms with van der Waals surface area (Å²) in [6.07, 6.45) is 3.35. The van der Waals surface area contributed by atoms with Gasteiger partial charge in [0.1, 0.15) is 0 Å². The lowest BCUT2D eigenvalue weighted by Crippen LogP contribution is -2.21. The predicted molar refractivity (Wildman–Crippen MR) is 95.2 cm³/mol. The summed E-state index contributed by atoms with van der Waals surface area (Å²) in [5.41, 5.74) is 3.34. The summed E-state index contributed by atoms with van der Waals surface area (Å²) in [6, 6.07) is 17.6. The minimum Gasteiger partial charge on any atom is -0.390 e. The standard InChI is InChI=1S/C20H23BrO/c1-20(2,22)13-14-3-5-15(6-4-14)19(16-7-8-16)17-9-11-18(21)12-10-17/h3-6,9-12,16,19,22H,7-8,13H2,1-2H3. The van der Waals surface area contributed by atoms with Gasteiger partial charge in [-0.25, -0.2) is 0 Å². The van der Waals surface area contributed by atoms with Gasteiger partial charge in [-0.1, -0.05) is 52.3 Å². The molecule has 116 valence electrons. The molecule has 0 heterocycles. The van der Waals surface area contributed by atoms with Gasteiger partial charge in [0.15, 0.2) is 0 Å². The lowest BCUT2D eigenvalue weighted by molar-refractivity contribution is 0.0810. The van der Waals surface area contributed by atoms with Crippen molar-refractivity contribution in [2.24, 2.45) is 5.92 Å². The molecule has 2 aromatic rings. The number of hydrogen-bond acceptors (Lipinski definition) is 1. The first-order valence-corrected chi connectivity index (χ1v) is 8.78. The number of benzene rings is 2. The zero-order valence-electron chi connectivity index (χ0n) is 13.2. The Hall–Kier alpha value is -1.12. The Bertz CT molecular complexity index is 618. The first-order valence-electron chi connectivity index (χ1n) is 7.99. The zero-order valence-corrected chi connectivity index (χ0v) is 14.8. The molecule has 0 saturated heterocycles. The molecule has 0 amide bonds. The van der Waals surface area contributed by atoms with E-state index in [1.165, 1.54) is 29.5 Å². The average Bonchev–Trinajstić information content (AvgIpc) is 3.26. The minimum absolute atomic E-state index is 0.504. The predicted octanol–water partition coefficient (Wildman–Crippen LogP) is 5.30. The van der Waals surface area contributed by atoms with Crippen molar-refractivity contribution in [1.29, 1.82) is 0 Å². The molecule has 1 saturated carbocycles. The second-order valence-corrected chi connectivity index (χ2v) is 8.01. The van der Waals surface area contributed by atoms with Crippen LogP contribution >= 0.6 is 15.9 Å². The molecule has 0 bridgehead atoms. The fourth-order valence-electron chi connectivity index (χ4n) is 3.18. The van der Waals surface area contributed by atoms with Gasteiger partial charge in [-0.15, -0.1) is 0 Å². The van der Waals surface area contributed by atoms with Crippen LogP contribution in [0.25, 0.3) is 0 Å². The van der Waals surface area contributed by atoms with Gasteiger partial charge in [-0.2, -0.15) is 0 Å². The van der Waals surface area contributed by atoms with Crippen LogP contribution < -0.4 is 0 Å². The number of hydrogen-bond donors (Lipinski definition) is 1. The van der Waals surface area contributed by atoms with E-state index in [1.54, 1.807) is 0 Å². The van der Waals surface area contributed by atoms with Crippen molar-refractivity contribution < 1.29 is 5.11 Å². The highest BCUT2D eigenvalue weighted by Gasteiger charge is 2.33. The fourth-order valence-corrected chi connectivity index (χ4v) is 3.44. The average molecular weight is 359 g/mol. The monoisotopic (exact) mass is 358 g/mol. The van der Waals surface area contributed by atoms with Gasteiger partial charge in [0.25, 0.3) is 0 Å². The van der Waals surface area contributed by atoms with E-state index >= 15 is 0 Å². The van der Waals surface area contributed by atoms with E-state index in [1.807, 2.05) is 13.8 Å². The molecule has 1 aliphatic rings. The highest BCUT2D eigenvalue weighted by Crippen LogP contribution is 2.46. The van der Waals surface area contributed by atoms with Gasteiger partial charge in [0.2, 0.25) is 0 Å². The normalized spacial score (nSPS) is 16.5. The third kappa shape index (κ3) is 3.99. The zero-order chi connectivity index (χ0) is 15.7. The van der Waals surface area contributed by atoms with Crippen LogP contribution in [0.2, 0.25) is 0 Å². The van der Waals surface area contributed by atoms with Crippen molar-refractivity contribution in [1.82, 2.24) is 0 Å². The Morgan fingerprint density at radius 3 is 1.95 bits per heavy atom. The van der Waals surface area contributed by atoms with Gasteiger partial charge >= 0.3 is 0 Å². The second-order valence-electron chi connectivity index (χ2n) is 7.10. The summed E-state index contributed by atoms with van der Waals surface area (Å²) >= 11 is 3.52. The molecule has 0 spiro atoms. The highest BCUT2D eigenvalue weighted by atomic mass is 79.9. The summed E-state index contributed by atoms with van der Waals surface area (Å²) < 4.78 is 1.13. The molecule has 0 aromatic heterocycles. The number of rotatable bonds is 5. The Morgan fingerprint density at radius 2 is 1.50 bits per heavy atom. The van der Waals surface area contributed by atoms with Crippen LogP contribution in [0, 0.1) is 5.92 Å². The van der Waals surface area contributed by atoms with Crippen LogP contribution in [-0.2, 0) is 6.42 Å². The summed E-state index contributed by atoms with van der Waals surface area (Å²) in [4.78, 5) is 0. The third-order valence-electron chi connectivity index (χ3n) is 4.30. The molecular weight excluding hydrogens is 336 g/mol. The van der Waals surface area contributed by atoms with Crippen molar-refractivity contribution >= 4 is 15.9 Å². The summed E-state index contributed by atoms with van der Waals surface area (Å²) in [5, 5.41) is 9.95. The largest absolute Gasteiger partial charge is 0.390 e. The SMILES string of the molecule is CC(C)(O)Cc1ccc(C(c2ccc(Br)cc2)C2CC2)cc1. The molecule has 1 atom stereocenters. The maximum Gasteiger partial charge on any atom is 0.0631 e. The summed E-state index contributed by atoms with van der Waals surface area (Å²) in [5.74, 6) is 1.28. The summed E-state index contributed by atoms with van der Waals surface area (Å²) in [7, 11) is 0. The minimum atomic E-state index is -0.650. The molecule has 3 rings (SSSR count). The van der Waals surface area contributed by atoms with Crippen molar-refractivity contribution in [2.75, 3.05) is 0 Å². The molecule has 1 unspecified atom stereocenters. The van der Waals surface area contributed by atoms with Crippen LogP contribution in [-0.4, -0.2) is 10.7 Å². The molecule has 1 fully saturated rings. The third-order valence-corrected chi connectivity index (χ3v) is 4.83. The Kier molecular flexibility index (Phi) is 4.42. The van der Waals surface area contributed by atoms with Crippen molar-refractivity contribution in [3.05, 3.63) is 69.7 Å². The highest BCUT2D eigenvalue weighted by molar-refractivity contribution is 9.10. The smallest absolute Gasteiger partial charge is 0.0631 e. The van der Waals surface area contributed by atoms with Gasteiger partial charge in [0.05, 0.1) is 5.60 Å². The summed E-state index contributed by atoms with van der Waals surface area (Å²) in [6.45, 7) is 3.71. The van der Waals surface area contributed by atoms with Crippen molar-refractivity contribution in [2.45, 2.75) is 44.6 Å². The first-order chi connectivity index (χ1) is 10.4. The molecular formula is C20H23BrO. The Labute approximate surface area is 141 Å². The van der Waals surface area contributed by atoms with Crippen LogP contribution in [0.4, 0.5) is 0 Å². The van der Waals surface area contributed by atoms with E-state index in [0.29, 0.717) is 12.3 Å². The van der Waals surface area contributed by atoms with Crippen molar-refractivity contribution in [3.8, 4) is 0 Å². The Balaban J connectivity index is 1.85.